The molecule has 1 saturated heterocycles. The largest absolute Gasteiger partial charge is 0.378 e. The highest BCUT2D eigenvalue weighted by molar-refractivity contribution is 5.99. The molecule has 4 rings (SSSR count). The normalized spacial score (nSPS) is 15.0. The summed E-state index contributed by atoms with van der Waals surface area (Å²) in [5.74, 6) is -1.20. The average molecular weight is 519 g/mol. The maximum absolute atomic E-state index is 13.4. The molecule has 0 saturated carbocycles. The Morgan fingerprint density at radius 1 is 1.00 bits per heavy atom. The van der Waals surface area contributed by atoms with Crippen molar-refractivity contribution >= 4 is 17.6 Å². The number of nitrogens with zero attached hydrogens (tertiary/aromatic N) is 3. The monoisotopic (exact) mass is 518 g/mol. The van der Waals surface area contributed by atoms with Gasteiger partial charge in [0, 0.05) is 31.0 Å². The van der Waals surface area contributed by atoms with Gasteiger partial charge in [-0.25, -0.2) is 0 Å². The molecule has 2 atom stereocenters. The molecule has 38 heavy (non-hydrogen) atoms. The molecule has 1 aliphatic rings. The van der Waals surface area contributed by atoms with Gasteiger partial charge in [-0.2, -0.15) is 4.98 Å². The first-order valence-electron chi connectivity index (χ1n) is 13.2. The summed E-state index contributed by atoms with van der Waals surface area (Å²) in [7, 11) is 0. The average Bonchev–Trinajstić information content (AvgIpc) is 3.47. The van der Waals surface area contributed by atoms with Gasteiger partial charge in [-0.1, -0.05) is 60.6 Å². The lowest BCUT2D eigenvalue weighted by Gasteiger charge is -2.28. The second-order valence-electron chi connectivity index (χ2n) is 9.39. The molecule has 0 bridgehead atoms. The standard InChI is InChI=1S/C29H34N4O5/c1-2-24(26(35)27-31-29(38-32-27)22-13-7-4-8-14-22)30-28(36)23(15-9-12-21-10-5-3-6-11-21)20-25(34)33-16-18-37-19-17-33/h3-8,10-11,13-14,23-24H,2,9,12,15-20H2,1H3,(H,30,36). The molecule has 200 valence electrons. The van der Waals surface area contributed by atoms with Gasteiger partial charge in [0.1, 0.15) is 0 Å². The van der Waals surface area contributed by atoms with Crippen LogP contribution < -0.4 is 5.32 Å². The van der Waals surface area contributed by atoms with Crippen molar-refractivity contribution in [2.75, 3.05) is 26.3 Å². The molecule has 1 aromatic heterocycles. The van der Waals surface area contributed by atoms with Crippen LogP contribution >= 0.6 is 0 Å². The number of Topliss-reactive ketones (excluding diaryl/α,β-unsaturated/α-hetero) is 1. The van der Waals surface area contributed by atoms with Gasteiger partial charge in [-0.15, -0.1) is 0 Å². The van der Waals surface area contributed by atoms with Crippen LogP contribution in [0.3, 0.4) is 0 Å². The van der Waals surface area contributed by atoms with Crippen LogP contribution in [0.5, 0.6) is 0 Å². The Labute approximate surface area is 222 Å². The molecular weight excluding hydrogens is 484 g/mol. The fraction of sp³-hybridized carbons (Fsp3) is 0.414. The van der Waals surface area contributed by atoms with Crippen LogP contribution in [0.1, 0.15) is 48.8 Å². The topological polar surface area (TPSA) is 115 Å². The number of hydrogen-bond acceptors (Lipinski definition) is 7. The van der Waals surface area contributed by atoms with E-state index in [2.05, 4.69) is 15.5 Å². The van der Waals surface area contributed by atoms with Crippen molar-refractivity contribution in [1.82, 2.24) is 20.4 Å². The van der Waals surface area contributed by atoms with Gasteiger partial charge in [0.2, 0.25) is 23.4 Å². The Hall–Kier alpha value is -3.85. The second-order valence-corrected chi connectivity index (χ2v) is 9.39. The van der Waals surface area contributed by atoms with Gasteiger partial charge < -0.3 is 19.5 Å². The predicted octanol–water partition coefficient (Wildman–Crippen LogP) is 3.70. The summed E-state index contributed by atoms with van der Waals surface area (Å²) >= 11 is 0. The molecular formula is C29H34N4O5. The minimum atomic E-state index is -0.821. The van der Waals surface area contributed by atoms with E-state index in [1.165, 1.54) is 5.56 Å². The molecule has 1 N–H and O–H groups in total. The van der Waals surface area contributed by atoms with Crippen molar-refractivity contribution in [1.29, 1.82) is 0 Å². The van der Waals surface area contributed by atoms with E-state index in [0.29, 0.717) is 44.7 Å². The quantitative estimate of drug-likeness (QED) is 0.364. The number of ketones is 1. The Bertz CT molecular complexity index is 1190. The molecule has 0 aliphatic carbocycles. The summed E-state index contributed by atoms with van der Waals surface area (Å²) in [5, 5.41) is 6.71. The molecule has 3 aromatic rings. The number of aryl methyl sites for hydroxylation is 1. The van der Waals surface area contributed by atoms with Crippen LogP contribution in [-0.2, 0) is 20.7 Å². The molecule has 2 amide bonds. The number of carbonyl (C=O) groups excluding carboxylic acids is 3. The maximum atomic E-state index is 13.4. The van der Waals surface area contributed by atoms with Crippen molar-refractivity contribution in [2.24, 2.45) is 5.92 Å². The summed E-state index contributed by atoms with van der Waals surface area (Å²) in [4.78, 5) is 45.5. The van der Waals surface area contributed by atoms with Gasteiger partial charge in [0.15, 0.2) is 0 Å². The zero-order valence-corrected chi connectivity index (χ0v) is 21.7. The number of ether oxygens (including phenoxy) is 1. The van der Waals surface area contributed by atoms with Crippen molar-refractivity contribution in [3.05, 3.63) is 72.1 Å². The molecule has 1 aliphatic heterocycles. The van der Waals surface area contributed by atoms with E-state index in [-0.39, 0.29) is 30.0 Å². The number of aromatic nitrogens is 2. The van der Waals surface area contributed by atoms with E-state index in [0.717, 1.165) is 12.8 Å². The zero-order chi connectivity index (χ0) is 26.7. The van der Waals surface area contributed by atoms with Crippen molar-refractivity contribution in [3.8, 4) is 11.5 Å². The lowest BCUT2D eigenvalue weighted by molar-refractivity contribution is -0.139. The van der Waals surface area contributed by atoms with Crippen molar-refractivity contribution < 1.29 is 23.6 Å². The number of amides is 2. The molecule has 9 heteroatoms. The smallest absolute Gasteiger partial charge is 0.258 e. The van der Waals surface area contributed by atoms with Crippen LogP contribution in [0.15, 0.2) is 65.2 Å². The third kappa shape index (κ3) is 7.35. The highest BCUT2D eigenvalue weighted by atomic mass is 16.5. The summed E-state index contributed by atoms with van der Waals surface area (Å²) in [6.45, 7) is 3.85. The van der Waals surface area contributed by atoms with E-state index in [1.807, 2.05) is 67.6 Å². The summed E-state index contributed by atoms with van der Waals surface area (Å²) < 4.78 is 10.6. The minimum absolute atomic E-state index is 0.0711. The molecule has 0 radical (unpaired) electrons. The lowest BCUT2D eigenvalue weighted by atomic mass is 9.94. The van der Waals surface area contributed by atoms with Crippen LogP contribution in [0.25, 0.3) is 11.5 Å². The van der Waals surface area contributed by atoms with E-state index in [1.54, 1.807) is 4.90 Å². The van der Waals surface area contributed by atoms with E-state index < -0.39 is 17.7 Å². The molecule has 2 heterocycles. The number of hydrogen-bond donors (Lipinski definition) is 1. The molecule has 0 spiro atoms. The Kier molecular flexibility index (Phi) is 9.75. The number of carbonyl (C=O) groups is 3. The molecule has 2 aromatic carbocycles. The first-order chi connectivity index (χ1) is 18.5. The SMILES string of the molecule is CCC(NC(=O)C(CCCc1ccccc1)CC(=O)N1CCOCC1)C(=O)c1noc(-c2ccccc2)n1. The third-order valence-electron chi connectivity index (χ3n) is 6.72. The highest BCUT2D eigenvalue weighted by Gasteiger charge is 2.30. The minimum Gasteiger partial charge on any atom is -0.378 e. The lowest BCUT2D eigenvalue weighted by Crippen LogP contribution is -2.46. The van der Waals surface area contributed by atoms with Crippen LogP contribution in [0.4, 0.5) is 0 Å². The summed E-state index contributed by atoms with van der Waals surface area (Å²) in [5.41, 5.74) is 1.88. The molecule has 1 fully saturated rings. The Balaban J connectivity index is 1.42. The van der Waals surface area contributed by atoms with E-state index >= 15 is 0 Å². The van der Waals surface area contributed by atoms with Gasteiger partial charge in [0.05, 0.1) is 19.3 Å². The predicted molar refractivity (Wildman–Crippen MR) is 141 cm³/mol. The second kappa shape index (κ2) is 13.6. The number of rotatable bonds is 12. The third-order valence-corrected chi connectivity index (χ3v) is 6.72. The van der Waals surface area contributed by atoms with Crippen LogP contribution in [0.2, 0.25) is 0 Å². The van der Waals surface area contributed by atoms with Crippen molar-refractivity contribution in [2.45, 2.75) is 45.1 Å². The fourth-order valence-electron chi connectivity index (χ4n) is 4.50. The van der Waals surface area contributed by atoms with E-state index in [4.69, 9.17) is 9.26 Å². The molecule has 2 unspecified atom stereocenters. The van der Waals surface area contributed by atoms with Crippen LogP contribution in [-0.4, -0.2) is 65.0 Å². The fourth-order valence-corrected chi connectivity index (χ4v) is 4.50. The van der Waals surface area contributed by atoms with Gasteiger partial charge >= 0.3 is 0 Å². The van der Waals surface area contributed by atoms with Crippen LogP contribution in [0, 0.1) is 5.92 Å². The van der Waals surface area contributed by atoms with E-state index in [9.17, 15) is 14.4 Å². The molecule has 9 nitrogen and oxygen atoms in total. The zero-order valence-electron chi connectivity index (χ0n) is 21.7. The van der Waals surface area contributed by atoms with Gasteiger partial charge in [0.25, 0.3) is 5.89 Å². The van der Waals surface area contributed by atoms with Gasteiger partial charge in [-0.05, 0) is 43.4 Å². The summed E-state index contributed by atoms with van der Waals surface area (Å²) in [6.07, 6.45) is 2.52. The number of nitrogens with one attached hydrogen (secondary N) is 1. The first-order valence-corrected chi connectivity index (χ1v) is 13.2. The Morgan fingerprint density at radius 2 is 1.68 bits per heavy atom. The van der Waals surface area contributed by atoms with Crippen molar-refractivity contribution in [3.63, 3.8) is 0 Å². The maximum Gasteiger partial charge on any atom is 0.258 e. The number of morpholine rings is 1. The Morgan fingerprint density at radius 3 is 2.37 bits per heavy atom. The highest BCUT2D eigenvalue weighted by Crippen LogP contribution is 2.19. The number of benzene rings is 2. The van der Waals surface area contributed by atoms with Gasteiger partial charge in [-0.3, -0.25) is 14.4 Å². The first kappa shape index (κ1) is 27.2. The summed E-state index contributed by atoms with van der Waals surface area (Å²) in [6, 6.07) is 18.4.